The number of likely N-dealkylation sites (tertiary alicyclic amines) is 1. The topological polar surface area (TPSA) is 60.9 Å². The van der Waals surface area contributed by atoms with Gasteiger partial charge in [0, 0.05) is 44.3 Å². The van der Waals surface area contributed by atoms with Gasteiger partial charge in [-0.1, -0.05) is 30.9 Å². The van der Waals surface area contributed by atoms with E-state index in [2.05, 4.69) is 18.8 Å². The standard InChI is InChI=1S/C23H30N2O3/c1-4-5-6-7-17-8-10-18(11-9-17)22-20(25(16(2)27)21(22)15-26)14-24(3)23(28)19-12-13-19/h8-11,19-22,26H,4-5,12-15H2,1-3H3/t20-,21+,22+/m0/s1. The first kappa shape index (κ1) is 20.4. The van der Waals surface area contributed by atoms with Crippen LogP contribution in [0.3, 0.4) is 0 Å². The molecule has 3 atom stereocenters. The Morgan fingerprint density at radius 1 is 1.21 bits per heavy atom. The van der Waals surface area contributed by atoms with Crippen LogP contribution in [0.1, 0.15) is 56.6 Å². The van der Waals surface area contributed by atoms with Gasteiger partial charge in [0.2, 0.25) is 11.8 Å². The maximum absolute atomic E-state index is 12.4. The number of likely N-dealkylation sites (N-methyl/N-ethyl adjacent to an activating group) is 1. The molecule has 0 spiro atoms. The molecule has 0 radical (unpaired) electrons. The van der Waals surface area contributed by atoms with Crippen molar-refractivity contribution in [2.75, 3.05) is 20.2 Å². The van der Waals surface area contributed by atoms with E-state index in [0.29, 0.717) is 6.54 Å². The van der Waals surface area contributed by atoms with Crippen molar-refractivity contribution in [3.63, 3.8) is 0 Å². The molecule has 0 aromatic heterocycles. The summed E-state index contributed by atoms with van der Waals surface area (Å²) in [5.74, 6) is 6.58. The summed E-state index contributed by atoms with van der Waals surface area (Å²) in [7, 11) is 1.81. The zero-order valence-corrected chi connectivity index (χ0v) is 17.0. The summed E-state index contributed by atoms with van der Waals surface area (Å²) in [4.78, 5) is 28.0. The van der Waals surface area contributed by atoms with Crippen molar-refractivity contribution in [1.82, 2.24) is 9.80 Å². The zero-order chi connectivity index (χ0) is 20.3. The van der Waals surface area contributed by atoms with Gasteiger partial charge in [-0.05, 0) is 37.0 Å². The van der Waals surface area contributed by atoms with Crippen LogP contribution >= 0.6 is 0 Å². The summed E-state index contributed by atoms with van der Waals surface area (Å²) in [6.07, 6.45) is 3.86. The summed E-state index contributed by atoms with van der Waals surface area (Å²) < 4.78 is 0. The van der Waals surface area contributed by atoms with Gasteiger partial charge >= 0.3 is 0 Å². The van der Waals surface area contributed by atoms with Gasteiger partial charge in [0.1, 0.15) is 0 Å². The Labute approximate surface area is 167 Å². The highest BCUT2D eigenvalue weighted by atomic mass is 16.3. The molecule has 0 unspecified atom stereocenters. The van der Waals surface area contributed by atoms with E-state index < -0.39 is 0 Å². The second-order valence-corrected chi connectivity index (χ2v) is 7.94. The average molecular weight is 383 g/mol. The number of unbranched alkanes of at least 4 members (excludes halogenated alkanes) is 1. The van der Waals surface area contributed by atoms with E-state index in [9.17, 15) is 14.7 Å². The molecule has 0 bridgehead atoms. The van der Waals surface area contributed by atoms with Gasteiger partial charge < -0.3 is 14.9 Å². The van der Waals surface area contributed by atoms with Crippen LogP contribution in [0.5, 0.6) is 0 Å². The monoisotopic (exact) mass is 382 g/mol. The summed E-state index contributed by atoms with van der Waals surface area (Å²) in [5, 5.41) is 9.90. The van der Waals surface area contributed by atoms with Gasteiger partial charge in [0.15, 0.2) is 0 Å². The summed E-state index contributed by atoms with van der Waals surface area (Å²) >= 11 is 0. The molecule has 28 heavy (non-hydrogen) atoms. The number of aliphatic hydroxyl groups excluding tert-OH is 1. The van der Waals surface area contributed by atoms with E-state index in [1.165, 1.54) is 6.92 Å². The normalized spacial score (nSPS) is 23.4. The van der Waals surface area contributed by atoms with Gasteiger partial charge in [0.25, 0.3) is 0 Å². The first-order valence-electron chi connectivity index (χ1n) is 10.2. The Morgan fingerprint density at radius 2 is 1.89 bits per heavy atom. The SMILES string of the molecule is CCCC#Cc1ccc([C@H]2[C@@H](CO)N(C(C)=O)[C@H]2CN(C)C(=O)C2CC2)cc1. The molecule has 2 amide bonds. The predicted octanol–water partition coefficient (Wildman–Crippen LogP) is 2.38. The van der Waals surface area contributed by atoms with Crippen LogP contribution in [0.15, 0.2) is 24.3 Å². The van der Waals surface area contributed by atoms with Crippen molar-refractivity contribution in [2.24, 2.45) is 5.92 Å². The maximum Gasteiger partial charge on any atom is 0.225 e. The number of carbonyl (C=O) groups excluding carboxylic acids is 2. The largest absolute Gasteiger partial charge is 0.394 e. The Morgan fingerprint density at radius 3 is 2.43 bits per heavy atom. The molecule has 5 nitrogen and oxygen atoms in total. The van der Waals surface area contributed by atoms with Crippen molar-refractivity contribution in [3.05, 3.63) is 35.4 Å². The second kappa shape index (κ2) is 8.79. The van der Waals surface area contributed by atoms with Crippen LogP contribution in [0.2, 0.25) is 0 Å². The lowest BCUT2D eigenvalue weighted by atomic mass is 9.74. The van der Waals surface area contributed by atoms with E-state index in [0.717, 1.165) is 36.8 Å². The fraction of sp³-hybridized carbons (Fsp3) is 0.565. The quantitative estimate of drug-likeness (QED) is 0.769. The third kappa shape index (κ3) is 4.23. The van der Waals surface area contributed by atoms with E-state index in [1.807, 2.05) is 31.3 Å². The molecular formula is C23H30N2O3. The van der Waals surface area contributed by atoms with E-state index in [4.69, 9.17) is 0 Å². The first-order chi connectivity index (χ1) is 13.5. The van der Waals surface area contributed by atoms with Crippen molar-refractivity contribution in [1.29, 1.82) is 0 Å². The van der Waals surface area contributed by atoms with Gasteiger partial charge in [-0.15, -0.1) is 0 Å². The fourth-order valence-electron chi connectivity index (χ4n) is 4.15. The van der Waals surface area contributed by atoms with E-state index in [1.54, 1.807) is 9.80 Å². The molecule has 5 heteroatoms. The van der Waals surface area contributed by atoms with Crippen molar-refractivity contribution < 1.29 is 14.7 Å². The third-order valence-corrected chi connectivity index (χ3v) is 5.76. The molecule has 2 aliphatic rings. The van der Waals surface area contributed by atoms with Gasteiger partial charge in [-0.3, -0.25) is 9.59 Å². The molecular weight excluding hydrogens is 352 g/mol. The lowest BCUT2D eigenvalue weighted by Crippen LogP contribution is -2.68. The van der Waals surface area contributed by atoms with Crippen LogP contribution in [-0.2, 0) is 9.59 Å². The van der Waals surface area contributed by atoms with Crippen LogP contribution in [0.4, 0.5) is 0 Å². The Balaban J connectivity index is 1.78. The van der Waals surface area contributed by atoms with Crippen molar-refractivity contribution in [2.45, 2.75) is 57.5 Å². The highest BCUT2D eigenvalue weighted by molar-refractivity contribution is 5.81. The van der Waals surface area contributed by atoms with Gasteiger partial charge in [0.05, 0.1) is 18.7 Å². The van der Waals surface area contributed by atoms with Crippen molar-refractivity contribution in [3.8, 4) is 11.8 Å². The molecule has 1 aliphatic carbocycles. The third-order valence-electron chi connectivity index (χ3n) is 5.76. The van der Waals surface area contributed by atoms with Gasteiger partial charge in [-0.2, -0.15) is 0 Å². The van der Waals surface area contributed by atoms with Gasteiger partial charge in [-0.25, -0.2) is 0 Å². The molecule has 1 aromatic rings. The first-order valence-corrected chi connectivity index (χ1v) is 10.2. The molecule has 1 aromatic carbocycles. The van der Waals surface area contributed by atoms with E-state index in [-0.39, 0.29) is 42.3 Å². The number of hydrogen-bond acceptors (Lipinski definition) is 3. The minimum absolute atomic E-state index is 0.0148. The second-order valence-electron chi connectivity index (χ2n) is 7.94. The van der Waals surface area contributed by atoms with E-state index >= 15 is 0 Å². The van der Waals surface area contributed by atoms with Crippen LogP contribution in [0, 0.1) is 17.8 Å². The summed E-state index contributed by atoms with van der Waals surface area (Å²) in [6.45, 7) is 4.05. The van der Waals surface area contributed by atoms with Crippen LogP contribution in [-0.4, -0.2) is 59.0 Å². The molecule has 1 N–H and O–H groups in total. The molecule has 1 heterocycles. The van der Waals surface area contributed by atoms with Crippen molar-refractivity contribution >= 4 is 11.8 Å². The molecule has 2 fully saturated rings. The number of amides is 2. The Hall–Kier alpha value is -2.32. The highest BCUT2D eigenvalue weighted by Crippen LogP contribution is 2.41. The minimum atomic E-state index is -0.246. The number of benzene rings is 1. The Kier molecular flexibility index (Phi) is 6.41. The van der Waals surface area contributed by atoms with Crippen LogP contribution in [0.25, 0.3) is 0 Å². The molecule has 1 aliphatic heterocycles. The summed E-state index contributed by atoms with van der Waals surface area (Å²) in [5.41, 5.74) is 2.05. The average Bonchev–Trinajstić information content (AvgIpc) is 3.50. The number of carbonyl (C=O) groups is 2. The van der Waals surface area contributed by atoms with Crippen LogP contribution < -0.4 is 0 Å². The fourth-order valence-corrected chi connectivity index (χ4v) is 4.15. The molecule has 150 valence electrons. The predicted molar refractivity (Wildman–Crippen MR) is 109 cm³/mol. The maximum atomic E-state index is 12.4. The minimum Gasteiger partial charge on any atom is -0.394 e. The number of aliphatic hydroxyl groups is 1. The lowest BCUT2D eigenvalue weighted by molar-refractivity contribution is -0.152. The molecule has 3 rings (SSSR count). The molecule has 1 saturated heterocycles. The Bertz CT molecular complexity index is 773. The lowest BCUT2D eigenvalue weighted by Gasteiger charge is -2.55. The zero-order valence-electron chi connectivity index (χ0n) is 17.0. The smallest absolute Gasteiger partial charge is 0.225 e. The number of hydrogen-bond donors (Lipinski definition) is 1. The number of rotatable bonds is 6. The highest BCUT2D eigenvalue weighted by Gasteiger charge is 2.51. The number of nitrogens with zero attached hydrogens (tertiary/aromatic N) is 2. The summed E-state index contributed by atoms with van der Waals surface area (Å²) in [6, 6.07) is 7.72. The molecule has 1 saturated carbocycles.